The lowest BCUT2D eigenvalue weighted by molar-refractivity contribution is 0.0638. The van der Waals surface area contributed by atoms with Crippen LogP contribution in [0.25, 0.3) is 20.7 Å². The number of anilines is 1. The molecule has 32 heavy (non-hydrogen) atoms. The molecule has 0 radical (unpaired) electrons. The van der Waals surface area contributed by atoms with Gasteiger partial charge in [0.25, 0.3) is 0 Å². The first-order valence-corrected chi connectivity index (χ1v) is 11.6. The van der Waals surface area contributed by atoms with Gasteiger partial charge in [-0.05, 0) is 80.8 Å². The van der Waals surface area contributed by atoms with Crippen LogP contribution in [0.3, 0.4) is 0 Å². The number of carbonyl (C=O) groups is 2. The molecule has 0 unspecified atom stereocenters. The molecule has 4 rings (SSSR count). The lowest BCUT2D eigenvalue weighted by Gasteiger charge is -2.22. The summed E-state index contributed by atoms with van der Waals surface area (Å²) in [5.74, 6) is 0.680. The third-order valence-corrected chi connectivity index (χ3v) is 6.79. The van der Waals surface area contributed by atoms with E-state index in [-0.39, 0.29) is 5.56 Å². The highest BCUT2D eigenvalue weighted by molar-refractivity contribution is 7.22. The SMILES string of the molecule is Cc1cnc(NCCCC2CCNCC2)nc1-c1cc2ccc(C(=O)OC(N)=O)cc2s1. The number of hydrogen-bond donors (Lipinski definition) is 3. The van der Waals surface area contributed by atoms with Crippen LogP contribution in [-0.4, -0.2) is 41.7 Å². The van der Waals surface area contributed by atoms with Gasteiger partial charge in [0.05, 0.1) is 16.1 Å². The maximum atomic E-state index is 12.0. The van der Waals surface area contributed by atoms with Gasteiger partial charge < -0.3 is 21.1 Å². The number of rotatable bonds is 7. The van der Waals surface area contributed by atoms with Gasteiger partial charge in [-0.25, -0.2) is 19.6 Å². The van der Waals surface area contributed by atoms with E-state index < -0.39 is 12.1 Å². The van der Waals surface area contributed by atoms with E-state index in [0.717, 1.165) is 58.2 Å². The molecule has 2 aromatic heterocycles. The summed E-state index contributed by atoms with van der Waals surface area (Å²) in [7, 11) is 0. The Bertz CT molecular complexity index is 1120. The van der Waals surface area contributed by atoms with Crippen molar-refractivity contribution in [1.29, 1.82) is 0 Å². The van der Waals surface area contributed by atoms with Gasteiger partial charge in [-0.3, -0.25) is 0 Å². The third kappa shape index (κ3) is 5.41. The maximum Gasteiger partial charge on any atom is 0.412 e. The third-order valence-electron chi connectivity index (χ3n) is 5.69. The van der Waals surface area contributed by atoms with Crippen LogP contribution in [-0.2, 0) is 4.74 Å². The number of esters is 1. The van der Waals surface area contributed by atoms with Crippen LogP contribution in [0.15, 0.2) is 30.5 Å². The molecular weight excluding hydrogens is 426 g/mol. The number of fused-ring (bicyclic) bond motifs is 1. The molecule has 0 saturated carbocycles. The zero-order valence-corrected chi connectivity index (χ0v) is 18.8. The Morgan fingerprint density at radius 1 is 1.28 bits per heavy atom. The lowest BCUT2D eigenvalue weighted by atomic mass is 9.93. The first kappa shape index (κ1) is 22.2. The summed E-state index contributed by atoms with van der Waals surface area (Å²) in [4.78, 5) is 33.0. The molecule has 1 aromatic carbocycles. The summed E-state index contributed by atoms with van der Waals surface area (Å²) in [5.41, 5.74) is 7.05. The van der Waals surface area contributed by atoms with Gasteiger partial charge >= 0.3 is 12.1 Å². The smallest absolute Gasteiger partial charge is 0.373 e. The molecule has 0 atom stereocenters. The Kier molecular flexibility index (Phi) is 6.96. The number of amides is 1. The van der Waals surface area contributed by atoms with Crippen molar-refractivity contribution < 1.29 is 14.3 Å². The van der Waals surface area contributed by atoms with E-state index in [4.69, 9.17) is 10.7 Å². The monoisotopic (exact) mass is 453 g/mol. The van der Waals surface area contributed by atoms with Crippen LogP contribution in [0.5, 0.6) is 0 Å². The van der Waals surface area contributed by atoms with E-state index in [1.165, 1.54) is 30.6 Å². The fourth-order valence-electron chi connectivity index (χ4n) is 3.96. The standard InChI is InChI=1S/C23H27N5O3S/c1-14-13-27-23(26-8-2-3-15-6-9-25-10-7-15)28-20(14)19-11-16-4-5-17(12-18(16)32-19)21(29)31-22(24)30/h4-5,11-13,15,25H,2-3,6-10H2,1H3,(H2,24,30)(H,26,27,28). The number of aromatic nitrogens is 2. The summed E-state index contributed by atoms with van der Waals surface area (Å²) >= 11 is 1.52. The number of aryl methyl sites for hydroxylation is 1. The van der Waals surface area contributed by atoms with Crippen LogP contribution in [0.2, 0.25) is 0 Å². The second-order valence-corrected chi connectivity index (χ2v) is 9.14. The van der Waals surface area contributed by atoms with Crippen molar-refractivity contribution in [2.24, 2.45) is 11.7 Å². The number of carbonyl (C=O) groups excluding carboxylic acids is 2. The Balaban J connectivity index is 1.45. The average Bonchev–Trinajstić information content (AvgIpc) is 3.21. The number of primary amides is 1. The molecule has 1 saturated heterocycles. The number of nitrogens with zero attached hydrogens (tertiary/aromatic N) is 2. The zero-order valence-electron chi connectivity index (χ0n) is 18.0. The van der Waals surface area contributed by atoms with Gasteiger partial charge in [0, 0.05) is 17.4 Å². The normalized spacial score (nSPS) is 14.4. The summed E-state index contributed by atoms with van der Waals surface area (Å²) < 4.78 is 5.37. The van der Waals surface area contributed by atoms with Gasteiger partial charge in [-0.15, -0.1) is 11.3 Å². The van der Waals surface area contributed by atoms with E-state index >= 15 is 0 Å². The minimum atomic E-state index is -1.12. The van der Waals surface area contributed by atoms with Crippen LogP contribution in [0, 0.1) is 12.8 Å². The summed E-state index contributed by atoms with van der Waals surface area (Å²) in [6, 6.07) is 7.18. The molecule has 3 heterocycles. The molecule has 0 spiro atoms. The molecule has 1 aliphatic heterocycles. The van der Waals surface area contributed by atoms with Crippen LogP contribution in [0.1, 0.15) is 41.6 Å². The Labute approximate surface area is 190 Å². The number of ether oxygens (including phenoxy) is 1. The van der Waals surface area contributed by atoms with Crippen molar-refractivity contribution in [2.45, 2.75) is 32.6 Å². The Hall–Kier alpha value is -3.04. The van der Waals surface area contributed by atoms with Gasteiger partial charge in [0.15, 0.2) is 0 Å². The van der Waals surface area contributed by atoms with Crippen molar-refractivity contribution in [3.63, 3.8) is 0 Å². The fraction of sp³-hybridized carbons (Fsp3) is 0.391. The van der Waals surface area contributed by atoms with Crippen molar-refractivity contribution in [3.05, 3.63) is 41.6 Å². The number of benzene rings is 1. The molecule has 1 fully saturated rings. The topological polar surface area (TPSA) is 119 Å². The zero-order chi connectivity index (χ0) is 22.5. The van der Waals surface area contributed by atoms with Crippen molar-refractivity contribution in [2.75, 3.05) is 25.0 Å². The van der Waals surface area contributed by atoms with Gasteiger partial charge in [0.1, 0.15) is 0 Å². The molecule has 0 bridgehead atoms. The lowest BCUT2D eigenvalue weighted by Crippen LogP contribution is -2.27. The minimum Gasteiger partial charge on any atom is -0.373 e. The Morgan fingerprint density at radius 3 is 2.88 bits per heavy atom. The predicted octanol–water partition coefficient (Wildman–Crippen LogP) is 4.09. The second-order valence-electron chi connectivity index (χ2n) is 8.06. The van der Waals surface area contributed by atoms with Crippen molar-refractivity contribution in [1.82, 2.24) is 15.3 Å². The van der Waals surface area contributed by atoms with Crippen molar-refractivity contribution >= 4 is 39.4 Å². The van der Waals surface area contributed by atoms with E-state index in [0.29, 0.717) is 5.95 Å². The molecule has 8 nitrogen and oxygen atoms in total. The number of piperidine rings is 1. The molecular formula is C23H27N5O3S. The quantitative estimate of drug-likeness (QED) is 0.280. The molecule has 1 aliphatic rings. The fourth-order valence-corrected chi connectivity index (χ4v) is 5.12. The van der Waals surface area contributed by atoms with E-state index in [1.54, 1.807) is 12.1 Å². The van der Waals surface area contributed by atoms with Crippen LogP contribution in [0.4, 0.5) is 10.7 Å². The number of nitrogens with two attached hydrogens (primary N) is 1. The molecule has 0 aliphatic carbocycles. The highest BCUT2D eigenvalue weighted by atomic mass is 32.1. The molecule has 9 heteroatoms. The predicted molar refractivity (Wildman–Crippen MR) is 126 cm³/mol. The molecule has 1 amide bonds. The first-order valence-electron chi connectivity index (χ1n) is 10.8. The first-order chi connectivity index (χ1) is 15.5. The molecule has 168 valence electrons. The van der Waals surface area contributed by atoms with Crippen LogP contribution >= 0.6 is 11.3 Å². The number of hydrogen-bond acceptors (Lipinski definition) is 8. The van der Waals surface area contributed by atoms with Gasteiger partial charge in [0.2, 0.25) is 5.95 Å². The van der Waals surface area contributed by atoms with Gasteiger partial charge in [-0.1, -0.05) is 6.07 Å². The summed E-state index contributed by atoms with van der Waals surface area (Å²) in [6.45, 7) is 5.09. The van der Waals surface area contributed by atoms with E-state index in [2.05, 4.69) is 20.4 Å². The van der Waals surface area contributed by atoms with Gasteiger partial charge in [-0.2, -0.15) is 0 Å². The summed E-state index contributed by atoms with van der Waals surface area (Å²) in [6.07, 6.45) is 5.57. The number of thiophene rings is 1. The summed E-state index contributed by atoms with van der Waals surface area (Å²) in [5, 5.41) is 7.75. The van der Waals surface area contributed by atoms with Crippen molar-refractivity contribution in [3.8, 4) is 10.6 Å². The van der Waals surface area contributed by atoms with Crippen LogP contribution < -0.4 is 16.4 Å². The highest BCUT2D eigenvalue weighted by Crippen LogP contribution is 2.35. The minimum absolute atomic E-state index is 0.278. The molecule has 4 N–H and O–H groups in total. The average molecular weight is 454 g/mol. The largest absolute Gasteiger partial charge is 0.412 e. The second kappa shape index (κ2) is 10.1. The van der Waals surface area contributed by atoms with E-state index in [1.807, 2.05) is 25.3 Å². The maximum absolute atomic E-state index is 12.0. The number of nitrogens with one attached hydrogen (secondary N) is 2. The highest BCUT2D eigenvalue weighted by Gasteiger charge is 2.15. The Morgan fingerprint density at radius 2 is 2.09 bits per heavy atom. The van der Waals surface area contributed by atoms with E-state index in [9.17, 15) is 9.59 Å². The molecule has 3 aromatic rings.